The van der Waals surface area contributed by atoms with Crippen LogP contribution in [0.1, 0.15) is 26.3 Å². The third-order valence-electron chi connectivity index (χ3n) is 4.81. The van der Waals surface area contributed by atoms with E-state index in [-0.39, 0.29) is 5.91 Å². The molecule has 0 saturated carbocycles. The van der Waals surface area contributed by atoms with E-state index in [4.69, 9.17) is 27.9 Å². The van der Waals surface area contributed by atoms with Gasteiger partial charge in [0.2, 0.25) is 5.91 Å². The summed E-state index contributed by atoms with van der Waals surface area (Å²) in [5, 5.41) is 3.94. The lowest BCUT2D eigenvalue weighted by atomic mass is 9.94. The van der Waals surface area contributed by atoms with Crippen LogP contribution in [-0.2, 0) is 10.3 Å². The highest BCUT2D eigenvalue weighted by Gasteiger charge is 2.21. The number of halogens is 2. The maximum absolute atomic E-state index is 11.4. The summed E-state index contributed by atoms with van der Waals surface area (Å²) in [6.45, 7) is 5.38. The van der Waals surface area contributed by atoms with E-state index in [1.807, 2.05) is 56.3 Å². The molecule has 0 bridgehead atoms. The van der Waals surface area contributed by atoms with Crippen molar-refractivity contribution in [2.75, 3.05) is 0 Å². The van der Waals surface area contributed by atoms with Gasteiger partial charge in [-0.2, -0.15) is 4.98 Å². The van der Waals surface area contributed by atoms with E-state index in [1.54, 1.807) is 12.1 Å². The van der Waals surface area contributed by atoms with Crippen LogP contribution >= 0.6 is 23.2 Å². The van der Waals surface area contributed by atoms with Crippen molar-refractivity contribution in [3.63, 3.8) is 0 Å². The third-order valence-corrected chi connectivity index (χ3v) is 5.43. The highest BCUT2D eigenvalue weighted by molar-refractivity contribution is 6.36. The molecule has 0 atom stereocenters. The molecular weight excluding hydrogens is 435 g/mol. The first-order chi connectivity index (χ1) is 14.7. The molecule has 2 N–H and O–H groups in total. The summed E-state index contributed by atoms with van der Waals surface area (Å²) in [5.74, 6) is 0.508. The van der Waals surface area contributed by atoms with Crippen molar-refractivity contribution in [1.29, 1.82) is 0 Å². The number of pyridine rings is 1. The number of hydrogen-bond acceptors (Lipinski definition) is 4. The second-order valence-corrected chi connectivity index (χ2v) is 8.46. The zero-order valence-corrected chi connectivity index (χ0v) is 18.7. The Hall–Kier alpha value is -3.09. The van der Waals surface area contributed by atoms with Crippen LogP contribution in [0.3, 0.4) is 0 Å². The number of ether oxygens (including phenoxy) is 1. The van der Waals surface area contributed by atoms with Crippen LogP contribution < -0.4 is 10.1 Å². The molecule has 0 saturated heterocycles. The first-order valence-electron chi connectivity index (χ1n) is 9.61. The molecule has 0 aliphatic rings. The molecule has 2 heterocycles. The van der Waals surface area contributed by atoms with Gasteiger partial charge in [-0.15, -0.1) is 0 Å². The molecule has 0 fully saturated rings. The van der Waals surface area contributed by atoms with Crippen LogP contribution in [0.15, 0.2) is 54.6 Å². The van der Waals surface area contributed by atoms with Crippen LogP contribution in [-0.4, -0.2) is 20.9 Å². The number of nitrogens with zero attached hydrogens (tertiary/aromatic N) is 2. The van der Waals surface area contributed by atoms with Gasteiger partial charge in [0, 0.05) is 12.5 Å². The number of hydrogen-bond donors (Lipinski definition) is 2. The monoisotopic (exact) mass is 454 g/mol. The predicted octanol–water partition coefficient (Wildman–Crippen LogP) is 6.10. The van der Waals surface area contributed by atoms with E-state index in [2.05, 4.69) is 20.3 Å². The quantitative estimate of drug-likeness (QED) is 0.381. The van der Waals surface area contributed by atoms with Gasteiger partial charge >= 0.3 is 6.01 Å². The second kappa shape index (κ2) is 8.21. The van der Waals surface area contributed by atoms with E-state index < -0.39 is 5.54 Å². The molecule has 4 aromatic rings. The standard InChI is InChI=1S/C23H20Cl2N4O2/c1-13(30)29-23(2,3)14-8-10-15(11-9-14)31-22-26-19-12-18(25)20(27-21(19)28-22)16-6-4-5-7-17(16)24/h4-12H,1-3H3,(H,29,30)(H,26,27,28). The summed E-state index contributed by atoms with van der Waals surface area (Å²) in [4.78, 5) is 23.5. The van der Waals surface area contributed by atoms with Crippen molar-refractivity contribution in [1.82, 2.24) is 20.3 Å². The van der Waals surface area contributed by atoms with E-state index in [0.29, 0.717) is 38.7 Å². The molecular formula is C23H20Cl2N4O2. The van der Waals surface area contributed by atoms with Crippen molar-refractivity contribution < 1.29 is 9.53 Å². The Balaban J connectivity index is 1.60. The highest BCUT2D eigenvalue weighted by Crippen LogP contribution is 2.34. The summed E-state index contributed by atoms with van der Waals surface area (Å²) >= 11 is 12.7. The molecule has 31 heavy (non-hydrogen) atoms. The van der Waals surface area contributed by atoms with Crippen LogP contribution in [0, 0.1) is 0 Å². The number of carbonyl (C=O) groups is 1. The SMILES string of the molecule is CC(=O)NC(C)(C)c1ccc(Oc2nc3nc(-c4ccccc4Cl)c(Cl)cc3[nH]2)cc1. The van der Waals surface area contributed by atoms with Crippen LogP contribution in [0.5, 0.6) is 11.8 Å². The first kappa shape index (κ1) is 21.2. The number of aromatic amines is 1. The number of imidazole rings is 1. The number of H-pyrrole nitrogens is 1. The fraction of sp³-hybridized carbons (Fsp3) is 0.174. The molecule has 8 heteroatoms. The van der Waals surface area contributed by atoms with Gasteiger partial charge < -0.3 is 15.0 Å². The van der Waals surface area contributed by atoms with Gasteiger partial charge in [-0.3, -0.25) is 4.79 Å². The molecule has 6 nitrogen and oxygen atoms in total. The summed E-state index contributed by atoms with van der Waals surface area (Å²) in [6, 6.07) is 16.9. The van der Waals surface area contributed by atoms with E-state index in [0.717, 1.165) is 11.1 Å². The van der Waals surface area contributed by atoms with Gasteiger partial charge in [0.15, 0.2) is 5.65 Å². The number of fused-ring (bicyclic) bond motifs is 1. The van der Waals surface area contributed by atoms with Crippen molar-refractivity contribution >= 4 is 40.3 Å². The molecule has 1 amide bonds. The fourth-order valence-corrected chi connectivity index (χ4v) is 3.83. The molecule has 0 aliphatic heterocycles. The van der Waals surface area contributed by atoms with Gasteiger partial charge in [-0.05, 0) is 43.7 Å². The van der Waals surface area contributed by atoms with Gasteiger partial charge in [-0.25, -0.2) is 4.98 Å². The maximum atomic E-state index is 11.4. The lowest BCUT2D eigenvalue weighted by Crippen LogP contribution is -2.39. The minimum atomic E-state index is -0.487. The summed E-state index contributed by atoms with van der Waals surface area (Å²) in [5.41, 5.74) is 2.88. The number of carbonyl (C=O) groups excluding carboxylic acids is 1. The zero-order chi connectivity index (χ0) is 22.2. The average Bonchev–Trinajstić information content (AvgIpc) is 3.08. The Morgan fingerprint density at radius 3 is 2.42 bits per heavy atom. The van der Waals surface area contributed by atoms with Crippen LogP contribution in [0.25, 0.3) is 22.4 Å². The van der Waals surface area contributed by atoms with Gasteiger partial charge in [-0.1, -0.05) is 53.5 Å². The van der Waals surface area contributed by atoms with Gasteiger partial charge in [0.05, 0.1) is 26.8 Å². The molecule has 0 spiro atoms. The Morgan fingerprint density at radius 2 is 1.74 bits per heavy atom. The molecule has 158 valence electrons. The lowest BCUT2D eigenvalue weighted by Gasteiger charge is -2.26. The number of aromatic nitrogens is 3. The van der Waals surface area contributed by atoms with Crippen molar-refractivity contribution in [2.24, 2.45) is 0 Å². The molecule has 2 aromatic carbocycles. The largest absolute Gasteiger partial charge is 0.426 e. The number of benzene rings is 2. The Bertz CT molecular complexity index is 1270. The van der Waals surface area contributed by atoms with Crippen LogP contribution in [0.2, 0.25) is 10.0 Å². The summed E-state index contributed by atoms with van der Waals surface area (Å²) < 4.78 is 5.86. The van der Waals surface area contributed by atoms with Gasteiger partial charge in [0.1, 0.15) is 5.75 Å². The maximum Gasteiger partial charge on any atom is 0.301 e. The Morgan fingerprint density at radius 1 is 1.03 bits per heavy atom. The summed E-state index contributed by atoms with van der Waals surface area (Å²) in [6.07, 6.45) is 0. The Kier molecular flexibility index (Phi) is 5.60. The smallest absolute Gasteiger partial charge is 0.301 e. The minimum absolute atomic E-state index is 0.0880. The molecule has 4 rings (SSSR count). The molecule has 0 unspecified atom stereocenters. The van der Waals surface area contributed by atoms with E-state index in [1.165, 1.54) is 6.92 Å². The highest BCUT2D eigenvalue weighted by atomic mass is 35.5. The zero-order valence-electron chi connectivity index (χ0n) is 17.2. The first-order valence-corrected chi connectivity index (χ1v) is 10.4. The fourth-order valence-electron chi connectivity index (χ4n) is 3.35. The van der Waals surface area contributed by atoms with Crippen LogP contribution in [0.4, 0.5) is 0 Å². The number of rotatable bonds is 5. The lowest BCUT2D eigenvalue weighted by molar-refractivity contribution is -0.120. The van der Waals surface area contributed by atoms with Crippen molar-refractivity contribution in [3.8, 4) is 23.0 Å². The van der Waals surface area contributed by atoms with Crippen molar-refractivity contribution in [3.05, 3.63) is 70.2 Å². The molecule has 2 aromatic heterocycles. The molecule has 0 radical (unpaired) electrons. The normalized spacial score (nSPS) is 11.5. The minimum Gasteiger partial charge on any atom is -0.426 e. The third kappa shape index (κ3) is 4.50. The second-order valence-electron chi connectivity index (χ2n) is 7.64. The molecule has 0 aliphatic carbocycles. The van der Waals surface area contributed by atoms with E-state index >= 15 is 0 Å². The summed E-state index contributed by atoms with van der Waals surface area (Å²) in [7, 11) is 0. The predicted molar refractivity (Wildman–Crippen MR) is 123 cm³/mol. The van der Waals surface area contributed by atoms with Gasteiger partial charge in [0.25, 0.3) is 0 Å². The van der Waals surface area contributed by atoms with Crippen molar-refractivity contribution in [2.45, 2.75) is 26.3 Å². The number of amides is 1. The number of nitrogens with one attached hydrogen (secondary N) is 2. The van der Waals surface area contributed by atoms with E-state index in [9.17, 15) is 4.79 Å². The Labute approximate surface area is 189 Å². The topological polar surface area (TPSA) is 79.9 Å². The average molecular weight is 455 g/mol.